The minimum atomic E-state index is -3.55. The Morgan fingerprint density at radius 2 is 1.85 bits per heavy atom. The quantitative estimate of drug-likeness (QED) is 0.714. The van der Waals surface area contributed by atoms with Crippen molar-refractivity contribution in [3.63, 3.8) is 0 Å². The van der Waals surface area contributed by atoms with Crippen LogP contribution in [0.2, 0.25) is 0 Å². The molecule has 0 bridgehead atoms. The summed E-state index contributed by atoms with van der Waals surface area (Å²) in [5.74, 6) is -1.29. The van der Waals surface area contributed by atoms with Gasteiger partial charge in [-0.2, -0.15) is 17.9 Å². The summed E-state index contributed by atoms with van der Waals surface area (Å²) in [5, 5.41) is 9.28. The van der Waals surface area contributed by atoms with Crippen LogP contribution in [0.25, 0.3) is 0 Å². The monoisotopic (exact) mass is 306 g/mol. The predicted octanol–water partition coefficient (Wildman–Crippen LogP) is 1.34. The molecule has 3 unspecified atom stereocenters. The van der Waals surface area contributed by atoms with Crippen molar-refractivity contribution in [3.8, 4) is 0 Å². The second-order valence-electron chi connectivity index (χ2n) is 6.58. The maximum Gasteiger partial charge on any atom is 0.307 e. The normalized spacial score (nSPS) is 30.4. The standard InChI is InChI=1S/C13H26N2O4S/c1-8(2)14-20(18,19)15-11-7-6-10(12(16)17)13(4,5)9(11)3/h8-11,14-15H,6-7H2,1-5H3,(H,16,17). The van der Waals surface area contributed by atoms with Crippen molar-refractivity contribution in [3.05, 3.63) is 0 Å². The zero-order valence-corrected chi connectivity index (χ0v) is 13.6. The van der Waals surface area contributed by atoms with Gasteiger partial charge in [0, 0.05) is 12.1 Å². The molecule has 20 heavy (non-hydrogen) atoms. The Balaban J connectivity index is 2.84. The molecule has 0 amide bonds. The molecular formula is C13H26N2O4S. The summed E-state index contributed by atoms with van der Waals surface area (Å²) in [6.45, 7) is 9.22. The third-order valence-electron chi connectivity index (χ3n) is 4.44. The van der Waals surface area contributed by atoms with Crippen LogP contribution in [-0.2, 0) is 15.0 Å². The van der Waals surface area contributed by atoms with Crippen LogP contribution in [0.4, 0.5) is 0 Å². The third-order valence-corrected chi connectivity index (χ3v) is 5.83. The first-order valence-corrected chi connectivity index (χ1v) is 8.48. The largest absolute Gasteiger partial charge is 0.481 e. The number of aliphatic carboxylic acids is 1. The molecule has 1 rings (SSSR count). The third kappa shape index (κ3) is 3.93. The van der Waals surface area contributed by atoms with Crippen LogP contribution >= 0.6 is 0 Å². The van der Waals surface area contributed by atoms with Crippen molar-refractivity contribution < 1.29 is 18.3 Å². The minimum absolute atomic E-state index is 0.0545. The Hall–Kier alpha value is -0.660. The van der Waals surface area contributed by atoms with Crippen molar-refractivity contribution in [2.24, 2.45) is 17.3 Å². The van der Waals surface area contributed by atoms with Gasteiger partial charge >= 0.3 is 5.97 Å². The van der Waals surface area contributed by atoms with Crippen molar-refractivity contribution in [1.29, 1.82) is 0 Å². The van der Waals surface area contributed by atoms with Crippen LogP contribution in [0, 0.1) is 17.3 Å². The Morgan fingerprint density at radius 3 is 2.30 bits per heavy atom. The average molecular weight is 306 g/mol. The zero-order valence-electron chi connectivity index (χ0n) is 12.8. The number of rotatable bonds is 5. The predicted molar refractivity (Wildman–Crippen MR) is 77.4 cm³/mol. The Bertz CT molecular complexity index is 459. The number of carbonyl (C=O) groups is 1. The van der Waals surface area contributed by atoms with Gasteiger partial charge in [-0.15, -0.1) is 0 Å². The van der Waals surface area contributed by atoms with E-state index in [4.69, 9.17) is 0 Å². The van der Waals surface area contributed by atoms with E-state index in [1.807, 2.05) is 20.8 Å². The SMILES string of the molecule is CC(C)NS(=O)(=O)NC1CCC(C(=O)O)C(C)(C)C1C. The topological polar surface area (TPSA) is 95.5 Å². The molecule has 0 spiro atoms. The van der Waals surface area contributed by atoms with E-state index in [1.54, 1.807) is 13.8 Å². The highest BCUT2D eigenvalue weighted by Crippen LogP contribution is 2.45. The molecule has 1 aliphatic rings. The van der Waals surface area contributed by atoms with Crippen molar-refractivity contribution in [2.75, 3.05) is 0 Å². The summed E-state index contributed by atoms with van der Waals surface area (Å²) < 4.78 is 29.0. The van der Waals surface area contributed by atoms with E-state index in [2.05, 4.69) is 9.44 Å². The first-order chi connectivity index (χ1) is 8.97. The van der Waals surface area contributed by atoms with Gasteiger partial charge in [0.1, 0.15) is 0 Å². The lowest BCUT2D eigenvalue weighted by molar-refractivity contribution is -0.150. The van der Waals surface area contributed by atoms with Crippen LogP contribution in [-0.4, -0.2) is 31.6 Å². The molecule has 0 radical (unpaired) electrons. The molecule has 6 nitrogen and oxygen atoms in total. The van der Waals surface area contributed by atoms with E-state index in [9.17, 15) is 18.3 Å². The molecule has 1 aliphatic carbocycles. The highest BCUT2D eigenvalue weighted by atomic mass is 32.2. The molecule has 0 heterocycles. The van der Waals surface area contributed by atoms with Crippen LogP contribution in [0.1, 0.15) is 47.5 Å². The maximum absolute atomic E-state index is 11.9. The molecule has 0 aromatic carbocycles. The van der Waals surface area contributed by atoms with Gasteiger partial charge in [0.2, 0.25) is 0 Å². The highest BCUT2D eigenvalue weighted by Gasteiger charge is 2.47. The number of nitrogens with one attached hydrogen (secondary N) is 2. The first kappa shape index (κ1) is 17.4. The fourth-order valence-electron chi connectivity index (χ4n) is 2.95. The smallest absolute Gasteiger partial charge is 0.307 e. The van der Waals surface area contributed by atoms with Gasteiger partial charge in [0.05, 0.1) is 5.92 Å². The Morgan fingerprint density at radius 1 is 1.30 bits per heavy atom. The lowest BCUT2D eigenvalue weighted by Crippen LogP contribution is -2.54. The fraction of sp³-hybridized carbons (Fsp3) is 0.923. The van der Waals surface area contributed by atoms with E-state index in [0.717, 1.165) is 0 Å². The summed E-state index contributed by atoms with van der Waals surface area (Å²) in [6.07, 6.45) is 1.03. The molecule has 0 saturated heterocycles. The summed E-state index contributed by atoms with van der Waals surface area (Å²) in [7, 11) is -3.55. The van der Waals surface area contributed by atoms with Crippen molar-refractivity contribution in [1.82, 2.24) is 9.44 Å². The number of carboxylic acids is 1. The second-order valence-corrected chi connectivity index (χ2v) is 8.06. The summed E-state index contributed by atoms with van der Waals surface area (Å²) in [6, 6.07) is -0.414. The van der Waals surface area contributed by atoms with Gasteiger partial charge < -0.3 is 5.11 Å². The zero-order chi connectivity index (χ0) is 15.7. The van der Waals surface area contributed by atoms with E-state index >= 15 is 0 Å². The molecular weight excluding hydrogens is 280 g/mol. The van der Waals surface area contributed by atoms with E-state index in [-0.39, 0.29) is 18.0 Å². The van der Waals surface area contributed by atoms with Gasteiger partial charge in [-0.1, -0.05) is 20.8 Å². The number of hydrogen-bond donors (Lipinski definition) is 3. The molecule has 1 saturated carbocycles. The van der Waals surface area contributed by atoms with Crippen LogP contribution < -0.4 is 9.44 Å². The van der Waals surface area contributed by atoms with E-state index < -0.39 is 27.5 Å². The number of hydrogen-bond acceptors (Lipinski definition) is 3. The molecule has 118 valence electrons. The van der Waals surface area contributed by atoms with Gasteiger partial charge in [-0.25, -0.2) is 0 Å². The maximum atomic E-state index is 11.9. The van der Waals surface area contributed by atoms with Crippen LogP contribution in [0.15, 0.2) is 0 Å². The van der Waals surface area contributed by atoms with Crippen molar-refractivity contribution in [2.45, 2.75) is 59.5 Å². The lowest BCUT2D eigenvalue weighted by atomic mass is 9.61. The fourth-order valence-corrected chi connectivity index (χ4v) is 4.36. The molecule has 3 N–H and O–H groups in total. The van der Waals surface area contributed by atoms with Gasteiger partial charge in [0.15, 0.2) is 0 Å². The van der Waals surface area contributed by atoms with E-state index in [0.29, 0.717) is 12.8 Å². The van der Waals surface area contributed by atoms with Crippen LogP contribution in [0.3, 0.4) is 0 Å². The number of carboxylic acid groups (broad SMARTS) is 1. The van der Waals surface area contributed by atoms with Gasteiger partial charge in [-0.05, 0) is 38.0 Å². The molecule has 3 atom stereocenters. The molecule has 0 aromatic rings. The lowest BCUT2D eigenvalue weighted by Gasteiger charge is -2.46. The van der Waals surface area contributed by atoms with Crippen molar-refractivity contribution >= 4 is 16.2 Å². The first-order valence-electron chi connectivity index (χ1n) is 6.99. The molecule has 7 heteroatoms. The Labute approximate surface area is 121 Å². The summed E-state index contributed by atoms with van der Waals surface area (Å²) in [5.41, 5.74) is -0.449. The molecule has 1 fully saturated rings. The van der Waals surface area contributed by atoms with Gasteiger partial charge in [0.25, 0.3) is 10.2 Å². The average Bonchev–Trinajstić information content (AvgIpc) is 2.22. The highest BCUT2D eigenvalue weighted by molar-refractivity contribution is 7.87. The Kier molecular flexibility index (Phi) is 5.21. The minimum Gasteiger partial charge on any atom is -0.481 e. The van der Waals surface area contributed by atoms with Crippen LogP contribution in [0.5, 0.6) is 0 Å². The summed E-state index contributed by atoms with van der Waals surface area (Å²) >= 11 is 0. The molecule has 0 aliphatic heterocycles. The molecule has 0 aromatic heterocycles. The second kappa shape index (κ2) is 5.99. The summed E-state index contributed by atoms with van der Waals surface area (Å²) in [4.78, 5) is 11.3. The van der Waals surface area contributed by atoms with Gasteiger partial charge in [-0.3, -0.25) is 4.79 Å². The van der Waals surface area contributed by atoms with E-state index in [1.165, 1.54) is 0 Å².